The van der Waals surface area contributed by atoms with Gasteiger partial charge in [-0.25, -0.2) is 9.78 Å². The summed E-state index contributed by atoms with van der Waals surface area (Å²) in [5, 5.41) is 0. The van der Waals surface area contributed by atoms with Gasteiger partial charge in [-0.3, -0.25) is 0 Å². The Hall–Kier alpha value is -1.82. The van der Waals surface area contributed by atoms with Crippen LogP contribution in [-0.4, -0.2) is 45.4 Å². The maximum Gasteiger partial charge on any atom is 0.356 e. The molecule has 0 amide bonds. The quantitative estimate of drug-likeness (QED) is 0.600. The molecule has 0 aliphatic rings. The molecule has 0 aliphatic heterocycles. The lowest BCUT2D eigenvalue weighted by Gasteiger charge is -2.20. The van der Waals surface area contributed by atoms with Crippen molar-refractivity contribution >= 4 is 17.5 Å². The van der Waals surface area contributed by atoms with Crippen molar-refractivity contribution in [2.75, 3.05) is 45.1 Å². The predicted molar refractivity (Wildman–Crippen MR) is 69.8 cm³/mol. The first kappa shape index (κ1) is 14.2. The van der Waals surface area contributed by atoms with Crippen LogP contribution in [0.3, 0.4) is 0 Å². The van der Waals surface area contributed by atoms with Gasteiger partial charge in [-0.05, 0) is 18.6 Å². The third-order valence-corrected chi connectivity index (χ3v) is 2.50. The van der Waals surface area contributed by atoms with Crippen LogP contribution in [0.1, 0.15) is 16.9 Å². The van der Waals surface area contributed by atoms with Crippen molar-refractivity contribution in [1.82, 2.24) is 4.98 Å². The summed E-state index contributed by atoms with van der Waals surface area (Å²) in [6.07, 6.45) is 0.858. The van der Waals surface area contributed by atoms with Gasteiger partial charge in [0.25, 0.3) is 0 Å². The zero-order chi connectivity index (χ0) is 13.5. The molecule has 18 heavy (non-hydrogen) atoms. The first-order chi connectivity index (χ1) is 8.60. The molecule has 6 nitrogen and oxygen atoms in total. The van der Waals surface area contributed by atoms with Crippen LogP contribution in [0, 0.1) is 0 Å². The van der Waals surface area contributed by atoms with E-state index in [-0.39, 0.29) is 5.69 Å². The minimum atomic E-state index is -0.471. The normalized spacial score (nSPS) is 10.2. The predicted octanol–water partition coefficient (Wildman–Crippen LogP) is 0.923. The largest absolute Gasteiger partial charge is 0.464 e. The molecular formula is C12H19N3O3. The van der Waals surface area contributed by atoms with Gasteiger partial charge in [0.15, 0.2) is 11.5 Å². The number of nitrogen functional groups attached to an aromatic ring is 1. The summed E-state index contributed by atoms with van der Waals surface area (Å²) in [5.74, 6) is 0.107. The molecule has 0 fully saturated rings. The Bertz CT molecular complexity index is 410. The highest BCUT2D eigenvalue weighted by Crippen LogP contribution is 2.20. The van der Waals surface area contributed by atoms with Gasteiger partial charge in [0, 0.05) is 27.3 Å². The SMILES string of the molecule is COCCCN(C)c1nc(C(=O)OC)ccc1N. The molecule has 2 N–H and O–H groups in total. The van der Waals surface area contributed by atoms with Crippen molar-refractivity contribution in [1.29, 1.82) is 0 Å². The van der Waals surface area contributed by atoms with Gasteiger partial charge in [0.2, 0.25) is 0 Å². The monoisotopic (exact) mass is 253 g/mol. The summed E-state index contributed by atoms with van der Waals surface area (Å²) in [5.41, 5.74) is 6.63. The van der Waals surface area contributed by atoms with Crippen molar-refractivity contribution in [3.05, 3.63) is 17.8 Å². The Balaban J connectivity index is 2.82. The van der Waals surface area contributed by atoms with E-state index in [9.17, 15) is 4.79 Å². The van der Waals surface area contributed by atoms with E-state index in [1.165, 1.54) is 7.11 Å². The van der Waals surface area contributed by atoms with Gasteiger partial charge in [-0.2, -0.15) is 0 Å². The Morgan fingerprint density at radius 1 is 1.44 bits per heavy atom. The number of aromatic nitrogens is 1. The Labute approximate surface area is 107 Å². The van der Waals surface area contributed by atoms with Crippen LogP contribution in [0.5, 0.6) is 0 Å². The van der Waals surface area contributed by atoms with Crippen molar-refractivity contribution in [3.63, 3.8) is 0 Å². The standard InChI is InChI=1S/C12H19N3O3/c1-15(7-4-8-17-2)11-9(13)5-6-10(14-11)12(16)18-3/h5-6H,4,7-8,13H2,1-3H3. The number of hydrogen-bond donors (Lipinski definition) is 1. The number of carbonyl (C=O) groups excluding carboxylic acids is 1. The van der Waals surface area contributed by atoms with Crippen molar-refractivity contribution in [3.8, 4) is 0 Å². The van der Waals surface area contributed by atoms with Crippen LogP contribution < -0.4 is 10.6 Å². The first-order valence-electron chi connectivity index (χ1n) is 5.65. The molecule has 0 spiro atoms. The molecule has 1 aromatic heterocycles. The maximum atomic E-state index is 11.4. The lowest BCUT2D eigenvalue weighted by atomic mass is 10.3. The summed E-state index contributed by atoms with van der Waals surface area (Å²) in [6, 6.07) is 3.20. The molecule has 0 atom stereocenters. The van der Waals surface area contributed by atoms with Gasteiger partial charge >= 0.3 is 5.97 Å². The molecule has 0 unspecified atom stereocenters. The topological polar surface area (TPSA) is 77.7 Å². The highest BCUT2D eigenvalue weighted by atomic mass is 16.5. The number of hydrogen-bond acceptors (Lipinski definition) is 6. The summed E-state index contributed by atoms with van der Waals surface area (Å²) >= 11 is 0. The fraction of sp³-hybridized carbons (Fsp3) is 0.500. The maximum absolute atomic E-state index is 11.4. The first-order valence-corrected chi connectivity index (χ1v) is 5.65. The van der Waals surface area contributed by atoms with E-state index in [0.717, 1.165) is 13.0 Å². The fourth-order valence-corrected chi connectivity index (χ4v) is 1.54. The Morgan fingerprint density at radius 2 is 2.17 bits per heavy atom. The minimum absolute atomic E-state index is 0.250. The molecule has 0 saturated heterocycles. The molecule has 0 radical (unpaired) electrons. The van der Waals surface area contributed by atoms with Gasteiger partial charge < -0.3 is 20.1 Å². The molecule has 6 heteroatoms. The molecule has 0 aliphatic carbocycles. The number of nitrogens with two attached hydrogens (primary N) is 1. The van der Waals surface area contributed by atoms with Crippen LogP contribution in [0.15, 0.2) is 12.1 Å². The third-order valence-electron chi connectivity index (χ3n) is 2.50. The summed E-state index contributed by atoms with van der Waals surface area (Å²) < 4.78 is 9.61. The lowest BCUT2D eigenvalue weighted by Crippen LogP contribution is -2.23. The van der Waals surface area contributed by atoms with Gasteiger partial charge in [0.05, 0.1) is 12.8 Å². The van der Waals surface area contributed by atoms with Gasteiger partial charge in [0.1, 0.15) is 0 Å². The van der Waals surface area contributed by atoms with E-state index < -0.39 is 5.97 Å². The van der Waals surface area contributed by atoms with Crippen LogP contribution in [0.25, 0.3) is 0 Å². The second kappa shape index (κ2) is 6.80. The average molecular weight is 253 g/mol. The number of ether oxygens (including phenoxy) is 2. The molecule has 0 aromatic carbocycles. The molecule has 1 heterocycles. The second-order valence-corrected chi connectivity index (χ2v) is 3.87. The van der Waals surface area contributed by atoms with Crippen molar-refractivity contribution in [2.24, 2.45) is 0 Å². The summed E-state index contributed by atoms with van der Waals surface area (Å²) in [4.78, 5) is 17.5. The highest BCUT2D eigenvalue weighted by molar-refractivity contribution is 5.88. The van der Waals surface area contributed by atoms with E-state index in [4.69, 9.17) is 10.5 Å². The second-order valence-electron chi connectivity index (χ2n) is 3.87. The molecule has 1 rings (SSSR count). The van der Waals surface area contributed by atoms with E-state index in [2.05, 4.69) is 9.72 Å². The van der Waals surface area contributed by atoms with Crippen molar-refractivity contribution in [2.45, 2.75) is 6.42 Å². The highest BCUT2D eigenvalue weighted by Gasteiger charge is 2.13. The molecule has 0 saturated carbocycles. The smallest absolute Gasteiger partial charge is 0.356 e. The molecule has 1 aromatic rings. The molecule has 0 bridgehead atoms. The number of methoxy groups -OCH3 is 2. The van der Waals surface area contributed by atoms with Crippen molar-refractivity contribution < 1.29 is 14.3 Å². The number of anilines is 2. The number of rotatable bonds is 6. The number of pyridine rings is 1. The van der Waals surface area contributed by atoms with Crippen LogP contribution in [0.4, 0.5) is 11.5 Å². The van der Waals surface area contributed by atoms with Gasteiger partial charge in [-0.15, -0.1) is 0 Å². The Morgan fingerprint density at radius 3 is 2.78 bits per heavy atom. The summed E-state index contributed by atoms with van der Waals surface area (Å²) in [6.45, 7) is 1.41. The number of carbonyl (C=O) groups is 1. The number of nitrogens with zero attached hydrogens (tertiary/aromatic N) is 2. The lowest BCUT2D eigenvalue weighted by molar-refractivity contribution is 0.0594. The molecule has 100 valence electrons. The summed E-state index contributed by atoms with van der Waals surface area (Å²) in [7, 11) is 4.85. The Kier molecular flexibility index (Phi) is 5.38. The van der Waals surface area contributed by atoms with Gasteiger partial charge in [-0.1, -0.05) is 0 Å². The zero-order valence-electron chi connectivity index (χ0n) is 11.0. The molecular weight excluding hydrogens is 234 g/mol. The zero-order valence-corrected chi connectivity index (χ0v) is 11.0. The minimum Gasteiger partial charge on any atom is -0.464 e. The van der Waals surface area contributed by atoms with Crippen LogP contribution in [0.2, 0.25) is 0 Å². The van der Waals surface area contributed by atoms with Crippen LogP contribution in [-0.2, 0) is 9.47 Å². The third kappa shape index (κ3) is 3.59. The van der Waals surface area contributed by atoms with E-state index >= 15 is 0 Å². The van der Waals surface area contributed by atoms with E-state index in [0.29, 0.717) is 18.1 Å². The van der Waals surface area contributed by atoms with E-state index in [1.807, 2.05) is 11.9 Å². The average Bonchev–Trinajstić information content (AvgIpc) is 2.38. The van der Waals surface area contributed by atoms with Crippen LogP contribution >= 0.6 is 0 Å². The number of esters is 1. The van der Waals surface area contributed by atoms with E-state index in [1.54, 1.807) is 19.2 Å². The fourth-order valence-electron chi connectivity index (χ4n) is 1.54.